The van der Waals surface area contributed by atoms with Crippen molar-refractivity contribution in [2.75, 3.05) is 0 Å². The van der Waals surface area contributed by atoms with E-state index in [1.54, 1.807) is 54.7 Å². The van der Waals surface area contributed by atoms with Gasteiger partial charge in [0.2, 0.25) is 0 Å². The van der Waals surface area contributed by atoms with Gasteiger partial charge in [0.05, 0.1) is 22.5 Å². The molecular formula is C19H14ClN5O2. The van der Waals surface area contributed by atoms with Crippen molar-refractivity contribution in [1.82, 2.24) is 10.4 Å². The minimum atomic E-state index is -0.409. The number of carbonyl (C=O) groups is 1. The maximum absolute atomic E-state index is 11.9. The summed E-state index contributed by atoms with van der Waals surface area (Å²) >= 11 is 6.04. The van der Waals surface area contributed by atoms with E-state index in [0.29, 0.717) is 27.5 Å². The smallest absolute Gasteiger partial charge is 0.272 e. The Bertz CT molecular complexity index is 1010. The maximum atomic E-state index is 11.9. The molecule has 0 aliphatic carbocycles. The molecule has 0 saturated carbocycles. The predicted molar refractivity (Wildman–Crippen MR) is 103 cm³/mol. The molecule has 134 valence electrons. The van der Waals surface area contributed by atoms with Crippen LogP contribution in [0, 0.1) is 0 Å². The Morgan fingerprint density at radius 1 is 1.11 bits per heavy atom. The number of halogens is 1. The molecule has 0 unspecified atom stereocenters. The lowest BCUT2D eigenvalue weighted by atomic mass is 10.2. The van der Waals surface area contributed by atoms with Crippen LogP contribution in [-0.4, -0.2) is 22.2 Å². The fourth-order valence-electron chi connectivity index (χ4n) is 2.07. The number of aromatic nitrogens is 1. The molecule has 7 nitrogen and oxygen atoms in total. The molecule has 0 atom stereocenters. The van der Waals surface area contributed by atoms with Gasteiger partial charge in [-0.2, -0.15) is 10.2 Å². The van der Waals surface area contributed by atoms with Gasteiger partial charge in [0, 0.05) is 18.0 Å². The summed E-state index contributed by atoms with van der Waals surface area (Å²) in [6.07, 6.45) is 4.32. The van der Waals surface area contributed by atoms with Gasteiger partial charge in [-0.3, -0.25) is 9.78 Å². The van der Waals surface area contributed by atoms with Crippen molar-refractivity contribution in [3.8, 4) is 5.75 Å². The molecular weight excluding hydrogens is 366 g/mol. The number of amides is 1. The van der Waals surface area contributed by atoms with Gasteiger partial charge in [0.1, 0.15) is 11.4 Å². The lowest BCUT2D eigenvalue weighted by Crippen LogP contribution is -2.17. The first-order valence-corrected chi connectivity index (χ1v) is 8.24. The molecule has 1 aromatic heterocycles. The molecule has 3 rings (SSSR count). The van der Waals surface area contributed by atoms with Crippen molar-refractivity contribution >= 4 is 35.1 Å². The number of phenolic OH excluding ortho intramolecular Hbond substituents is 1. The molecule has 8 heteroatoms. The largest absolute Gasteiger partial charge is 0.507 e. The Hall–Kier alpha value is -3.58. The van der Waals surface area contributed by atoms with Crippen molar-refractivity contribution in [2.45, 2.75) is 0 Å². The molecule has 0 spiro atoms. The Morgan fingerprint density at radius 3 is 2.74 bits per heavy atom. The van der Waals surface area contributed by atoms with Crippen LogP contribution in [0.4, 0.5) is 11.4 Å². The van der Waals surface area contributed by atoms with Crippen molar-refractivity contribution in [3.05, 3.63) is 83.1 Å². The summed E-state index contributed by atoms with van der Waals surface area (Å²) in [5.41, 5.74) is 4.14. The Morgan fingerprint density at radius 2 is 1.96 bits per heavy atom. The highest BCUT2D eigenvalue weighted by atomic mass is 35.5. The van der Waals surface area contributed by atoms with E-state index >= 15 is 0 Å². The van der Waals surface area contributed by atoms with Crippen molar-refractivity contribution < 1.29 is 9.90 Å². The number of hydrogen-bond acceptors (Lipinski definition) is 6. The van der Waals surface area contributed by atoms with Gasteiger partial charge in [-0.25, -0.2) is 5.43 Å². The average Bonchev–Trinajstić information content (AvgIpc) is 2.70. The molecule has 0 fully saturated rings. The van der Waals surface area contributed by atoms with Crippen molar-refractivity contribution in [3.63, 3.8) is 0 Å². The quantitative estimate of drug-likeness (QED) is 0.384. The zero-order valence-corrected chi connectivity index (χ0v) is 14.7. The Labute approximate surface area is 160 Å². The zero-order valence-electron chi connectivity index (χ0n) is 14.0. The molecule has 2 N–H and O–H groups in total. The summed E-state index contributed by atoms with van der Waals surface area (Å²) < 4.78 is 0. The predicted octanol–water partition coefficient (Wildman–Crippen LogP) is 4.62. The van der Waals surface area contributed by atoms with Crippen LogP contribution < -0.4 is 5.43 Å². The SMILES string of the molecule is O=C(N/N=C/c1cc(N=Nc2ccccc2Cl)ccc1O)c1cccnc1. The molecule has 0 saturated heterocycles. The zero-order chi connectivity index (χ0) is 19.1. The van der Waals surface area contributed by atoms with E-state index in [1.807, 2.05) is 0 Å². The standard InChI is InChI=1S/C19H14ClN5O2/c20-16-5-1-2-6-17(16)24-23-15-7-8-18(26)14(10-15)12-22-25-19(27)13-4-3-9-21-11-13/h1-12,26H,(H,25,27)/b22-12+,24-23?. The number of aromatic hydroxyl groups is 1. The van der Waals surface area contributed by atoms with E-state index in [2.05, 4.69) is 25.7 Å². The second-order valence-corrected chi connectivity index (χ2v) is 5.74. The minimum absolute atomic E-state index is 0.00827. The number of hydrazone groups is 1. The van der Waals surface area contributed by atoms with Gasteiger partial charge in [0.15, 0.2) is 0 Å². The van der Waals surface area contributed by atoms with E-state index in [-0.39, 0.29) is 5.75 Å². The lowest BCUT2D eigenvalue weighted by Gasteiger charge is -2.01. The van der Waals surface area contributed by atoms with E-state index in [1.165, 1.54) is 18.5 Å². The summed E-state index contributed by atoms with van der Waals surface area (Å²) in [6.45, 7) is 0. The molecule has 2 aromatic carbocycles. The first-order valence-electron chi connectivity index (χ1n) is 7.86. The first-order chi connectivity index (χ1) is 13.1. The number of nitrogens with zero attached hydrogens (tertiary/aromatic N) is 4. The maximum Gasteiger partial charge on any atom is 0.272 e. The Kier molecular flexibility index (Phi) is 5.86. The topological polar surface area (TPSA) is 99.3 Å². The third-order valence-electron chi connectivity index (χ3n) is 3.43. The number of pyridine rings is 1. The van der Waals surface area contributed by atoms with Gasteiger partial charge in [-0.1, -0.05) is 23.7 Å². The van der Waals surface area contributed by atoms with Crippen LogP contribution >= 0.6 is 11.6 Å². The van der Waals surface area contributed by atoms with Crippen LogP contribution in [0.3, 0.4) is 0 Å². The fourth-order valence-corrected chi connectivity index (χ4v) is 2.25. The number of benzene rings is 2. The molecule has 0 aliphatic rings. The van der Waals surface area contributed by atoms with Crippen LogP contribution in [0.2, 0.25) is 5.02 Å². The number of nitrogens with one attached hydrogen (secondary N) is 1. The Balaban J connectivity index is 1.72. The highest BCUT2D eigenvalue weighted by Crippen LogP contribution is 2.27. The van der Waals surface area contributed by atoms with Gasteiger partial charge in [-0.05, 0) is 42.5 Å². The van der Waals surface area contributed by atoms with Crippen LogP contribution in [0.5, 0.6) is 5.75 Å². The second-order valence-electron chi connectivity index (χ2n) is 5.34. The van der Waals surface area contributed by atoms with Crippen LogP contribution in [0.15, 0.2) is 82.3 Å². The lowest BCUT2D eigenvalue weighted by molar-refractivity contribution is 0.0954. The third kappa shape index (κ3) is 4.96. The highest BCUT2D eigenvalue weighted by Gasteiger charge is 2.04. The number of phenols is 1. The molecule has 1 heterocycles. The summed E-state index contributed by atoms with van der Waals surface area (Å²) in [5.74, 6) is -0.417. The van der Waals surface area contributed by atoms with Gasteiger partial charge in [0.25, 0.3) is 5.91 Å². The number of carbonyl (C=O) groups excluding carboxylic acids is 1. The van der Waals surface area contributed by atoms with Gasteiger partial charge < -0.3 is 5.11 Å². The summed E-state index contributed by atoms with van der Waals surface area (Å²) in [7, 11) is 0. The summed E-state index contributed by atoms with van der Waals surface area (Å²) in [6, 6.07) is 15.0. The number of azo groups is 1. The van der Waals surface area contributed by atoms with E-state index in [9.17, 15) is 9.90 Å². The van der Waals surface area contributed by atoms with Crippen LogP contribution in [-0.2, 0) is 0 Å². The van der Waals surface area contributed by atoms with Crippen LogP contribution in [0.25, 0.3) is 0 Å². The monoisotopic (exact) mass is 379 g/mol. The third-order valence-corrected chi connectivity index (χ3v) is 3.75. The molecule has 27 heavy (non-hydrogen) atoms. The van der Waals surface area contributed by atoms with E-state index in [4.69, 9.17) is 11.6 Å². The van der Waals surface area contributed by atoms with Gasteiger partial charge in [-0.15, -0.1) is 5.11 Å². The van der Waals surface area contributed by atoms with Crippen molar-refractivity contribution in [1.29, 1.82) is 0 Å². The molecule has 0 radical (unpaired) electrons. The minimum Gasteiger partial charge on any atom is -0.507 e. The first kappa shape index (κ1) is 18.2. The number of rotatable bonds is 5. The van der Waals surface area contributed by atoms with Gasteiger partial charge >= 0.3 is 0 Å². The molecule has 0 aliphatic heterocycles. The normalized spacial score (nSPS) is 11.1. The average molecular weight is 380 g/mol. The van der Waals surface area contributed by atoms with Crippen molar-refractivity contribution in [2.24, 2.45) is 15.3 Å². The van der Waals surface area contributed by atoms with E-state index in [0.717, 1.165) is 0 Å². The highest BCUT2D eigenvalue weighted by molar-refractivity contribution is 6.32. The van der Waals surface area contributed by atoms with E-state index < -0.39 is 5.91 Å². The number of hydrogen-bond donors (Lipinski definition) is 2. The second kappa shape index (κ2) is 8.68. The molecule has 0 bridgehead atoms. The molecule has 3 aromatic rings. The molecule has 1 amide bonds. The summed E-state index contributed by atoms with van der Waals surface area (Å²) in [4.78, 5) is 15.8. The fraction of sp³-hybridized carbons (Fsp3) is 0. The summed E-state index contributed by atoms with van der Waals surface area (Å²) in [5, 5.41) is 22.5. The van der Waals surface area contributed by atoms with Crippen LogP contribution in [0.1, 0.15) is 15.9 Å².